The van der Waals surface area contributed by atoms with E-state index in [9.17, 15) is 0 Å². The third kappa shape index (κ3) is 1.65. The molecule has 1 N–H and O–H groups in total. The average molecular weight is 249 g/mol. The number of aromatic nitrogens is 2. The molecule has 0 amide bonds. The molecule has 0 saturated carbocycles. The molecule has 0 atom stereocenters. The van der Waals surface area contributed by atoms with Gasteiger partial charge in [0.15, 0.2) is 17.3 Å². The van der Waals surface area contributed by atoms with Crippen LogP contribution in [0.25, 0.3) is 5.69 Å². The Kier molecular flexibility index (Phi) is 2.08. The van der Waals surface area contributed by atoms with Gasteiger partial charge < -0.3 is 10.1 Å². The zero-order chi connectivity index (χ0) is 12.7. The molecule has 4 nitrogen and oxygen atoms in total. The highest BCUT2D eigenvalue weighted by Gasteiger charge is 2.19. The molecular weight excluding hydrogens is 238 g/mol. The summed E-state index contributed by atoms with van der Waals surface area (Å²) in [7, 11) is 0. The number of fused-ring (bicyclic) bond motifs is 2. The van der Waals surface area contributed by atoms with Crippen molar-refractivity contribution in [2.24, 2.45) is 0 Å². The van der Waals surface area contributed by atoms with Crippen molar-refractivity contribution in [3.05, 3.63) is 60.8 Å². The number of anilines is 2. The van der Waals surface area contributed by atoms with Gasteiger partial charge in [0, 0.05) is 0 Å². The Bertz CT molecular complexity index is 692. The van der Waals surface area contributed by atoms with E-state index in [1.807, 2.05) is 65.5 Å². The first-order valence-electron chi connectivity index (χ1n) is 6.09. The lowest BCUT2D eigenvalue weighted by atomic mass is 10.2. The van der Waals surface area contributed by atoms with Crippen molar-refractivity contribution >= 4 is 11.5 Å². The Morgan fingerprint density at radius 3 is 2.58 bits per heavy atom. The van der Waals surface area contributed by atoms with Gasteiger partial charge in [-0.25, -0.2) is 4.68 Å². The van der Waals surface area contributed by atoms with Crippen LogP contribution >= 0.6 is 0 Å². The van der Waals surface area contributed by atoms with E-state index in [0.717, 1.165) is 28.7 Å². The van der Waals surface area contributed by atoms with Gasteiger partial charge in [-0.1, -0.05) is 30.3 Å². The fourth-order valence-electron chi connectivity index (χ4n) is 2.14. The van der Waals surface area contributed by atoms with Crippen LogP contribution in [0.5, 0.6) is 11.5 Å². The lowest BCUT2D eigenvalue weighted by Crippen LogP contribution is -2.01. The van der Waals surface area contributed by atoms with Crippen molar-refractivity contribution in [3.8, 4) is 17.2 Å². The van der Waals surface area contributed by atoms with Crippen molar-refractivity contribution in [3.63, 3.8) is 0 Å². The largest absolute Gasteiger partial charge is 0.450 e. The number of rotatable bonds is 1. The predicted molar refractivity (Wildman–Crippen MR) is 73.4 cm³/mol. The lowest BCUT2D eigenvalue weighted by Gasteiger charge is -2.16. The van der Waals surface area contributed by atoms with Crippen LogP contribution in [0.15, 0.2) is 60.8 Å². The van der Waals surface area contributed by atoms with E-state index in [2.05, 4.69) is 10.4 Å². The molecule has 1 aliphatic heterocycles. The summed E-state index contributed by atoms with van der Waals surface area (Å²) >= 11 is 0. The van der Waals surface area contributed by atoms with Crippen molar-refractivity contribution in [2.75, 3.05) is 5.32 Å². The highest BCUT2D eigenvalue weighted by molar-refractivity contribution is 5.72. The highest BCUT2D eigenvalue weighted by atomic mass is 16.5. The van der Waals surface area contributed by atoms with Crippen LogP contribution in [0.4, 0.5) is 11.5 Å². The minimum Gasteiger partial charge on any atom is -0.450 e. The first-order valence-corrected chi connectivity index (χ1v) is 6.09. The summed E-state index contributed by atoms with van der Waals surface area (Å²) in [5, 5.41) is 7.77. The van der Waals surface area contributed by atoms with Gasteiger partial charge >= 0.3 is 0 Å². The normalized spacial score (nSPS) is 12.0. The number of hydrogen-bond donors (Lipinski definition) is 1. The van der Waals surface area contributed by atoms with Gasteiger partial charge in [0.05, 0.1) is 17.6 Å². The lowest BCUT2D eigenvalue weighted by molar-refractivity contribution is 0.481. The number of benzene rings is 2. The Morgan fingerprint density at radius 2 is 1.68 bits per heavy atom. The molecule has 4 rings (SSSR count). The number of hydrogen-bond acceptors (Lipinski definition) is 3. The van der Waals surface area contributed by atoms with Gasteiger partial charge in [-0.05, 0) is 24.3 Å². The summed E-state index contributed by atoms with van der Waals surface area (Å²) in [6, 6.07) is 17.8. The Balaban J connectivity index is 1.77. The van der Waals surface area contributed by atoms with Gasteiger partial charge in [-0.3, -0.25) is 0 Å². The molecule has 2 heterocycles. The zero-order valence-electron chi connectivity index (χ0n) is 10.1. The fourth-order valence-corrected chi connectivity index (χ4v) is 2.14. The van der Waals surface area contributed by atoms with E-state index in [0.29, 0.717) is 0 Å². The van der Waals surface area contributed by atoms with Crippen molar-refractivity contribution in [1.29, 1.82) is 0 Å². The summed E-state index contributed by atoms with van der Waals surface area (Å²) in [4.78, 5) is 0. The molecule has 19 heavy (non-hydrogen) atoms. The van der Waals surface area contributed by atoms with Crippen LogP contribution in [0.3, 0.4) is 0 Å². The summed E-state index contributed by atoms with van der Waals surface area (Å²) in [5.74, 6) is 2.30. The van der Waals surface area contributed by atoms with E-state index in [4.69, 9.17) is 4.74 Å². The molecule has 0 aliphatic carbocycles. The maximum Gasteiger partial charge on any atom is 0.196 e. The van der Waals surface area contributed by atoms with E-state index in [1.54, 1.807) is 0 Å². The quantitative estimate of drug-likeness (QED) is 0.558. The van der Waals surface area contributed by atoms with Crippen LogP contribution in [-0.4, -0.2) is 9.78 Å². The second-order valence-corrected chi connectivity index (χ2v) is 4.35. The average Bonchev–Trinajstić information content (AvgIpc) is 2.88. The highest BCUT2D eigenvalue weighted by Crippen LogP contribution is 2.40. The number of nitrogens with one attached hydrogen (secondary N) is 1. The molecule has 0 bridgehead atoms. The first kappa shape index (κ1) is 10.2. The molecule has 3 aromatic rings. The van der Waals surface area contributed by atoms with Crippen LogP contribution in [0, 0.1) is 0 Å². The Hall–Kier alpha value is -2.75. The van der Waals surface area contributed by atoms with Crippen LogP contribution in [0.2, 0.25) is 0 Å². The summed E-state index contributed by atoms with van der Waals surface area (Å²) in [6.45, 7) is 0. The van der Waals surface area contributed by atoms with Gasteiger partial charge in [0.25, 0.3) is 0 Å². The summed E-state index contributed by atoms with van der Waals surface area (Å²) < 4.78 is 7.64. The molecule has 1 aromatic heterocycles. The fraction of sp³-hybridized carbons (Fsp3) is 0. The Labute approximate surface area is 110 Å². The molecule has 4 heteroatoms. The maximum absolute atomic E-state index is 5.83. The second-order valence-electron chi connectivity index (χ2n) is 4.35. The molecule has 0 fully saturated rings. The molecule has 92 valence electrons. The van der Waals surface area contributed by atoms with Gasteiger partial charge in [0.1, 0.15) is 0 Å². The van der Waals surface area contributed by atoms with Crippen molar-refractivity contribution < 1.29 is 4.74 Å². The van der Waals surface area contributed by atoms with Gasteiger partial charge in [-0.15, -0.1) is 5.10 Å². The SMILES string of the molecule is c1ccc(-n2cc3c(n2)Nc2ccccc2O3)cc1. The van der Waals surface area contributed by atoms with E-state index < -0.39 is 0 Å². The number of nitrogens with zero attached hydrogens (tertiary/aromatic N) is 2. The predicted octanol–water partition coefficient (Wildman–Crippen LogP) is 3.72. The van der Waals surface area contributed by atoms with Crippen LogP contribution in [-0.2, 0) is 0 Å². The zero-order valence-corrected chi connectivity index (χ0v) is 10.1. The van der Waals surface area contributed by atoms with E-state index >= 15 is 0 Å². The standard InChI is InChI=1S/C15H11N3O/c1-2-6-11(7-3-1)18-10-14-15(17-18)16-12-8-4-5-9-13(12)19-14/h1-10H,(H,16,17). The third-order valence-electron chi connectivity index (χ3n) is 3.06. The second kappa shape index (κ2) is 3.88. The summed E-state index contributed by atoms with van der Waals surface area (Å²) in [5.41, 5.74) is 1.94. The maximum atomic E-state index is 5.83. The van der Waals surface area contributed by atoms with Gasteiger partial charge in [0.2, 0.25) is 0 Å². The number of para-hydroxylation sites is 3. The molecule has 0 radical (unpaired) electrons. The molecule has 0 spiro atoms. The first-order chi connectivity index (χ1) is 9.40. The minimum absolute atomic E-state index is 0.738. The molecule has 2 aromatic carbocycles. The smallest absolute Gasteiger partial charge is 0.196 e. The Morgan fingerprint density at radius 1 is 0.895 bits per heavy atom. The summed E-state index contributed by atoms with van der Waals surface area (Å²) in [6.07, 6.45) is 1.88. The van der Waals surface area contributed by atoms with E-state index in [-0.39, 0.29) is 0 Å². The minimum atomic E-state index is 0.738. The van der Waals surface area contributed by atoms with Crippen LogP contribution < -0.4 is 10.1 Å². The number of ether oxygens (including phenoxy) is 1. The molecule has 0 unspecified atom stereocenters. The van der Waals surface area contributed by atoms with Gasteiger partial charge in [-0.2, -0.15) is 0 Å². The molecular formula is C15H11N3O. The van der Waals surface area contributed by atoms with E-state index in [1.165, 1.54) is 0 Å². The monoisotopic (exact) mass is 249 g/mol. The molecule has 0 saturated heterocycles. The van der Waals surface area contributed by atoms with Crippen molar-refractivity contribution in [2.45, 2.75) is 0 Å². The van der Waals surface area contributed by atoms with Crippen LogP contribution in [0.1, 0.15) is 0 Å². The molecule has 1 aliphatic rings. The topological polar surface area (TPSA) is 39.1 Å². The third-order valence-corrected chi connectivity index (χ3v) is 3.06. The van der Waals surface area contributed by atoms with Crippen molar-refractivity contribution in [1.82, 2.24) is 9.78 Å².